The molecule has 0 aromatic carbocycles. The Morgan fingerprint density at radius 3 is 2.08 bits per heavy atom. The van der Waals surface area contributed by atoms with E-state index in [2.05, 4.69) is 22.4 Å². The minimum atomic E-state index is -0.639. The Morgan fingerprint density at radius 2 is 1.75 bits per heavy atom. The van der Waals surface area contributed by atoms with E-state index in [-0.39, 0.29) is 71.1 Å². The van der Waals surface area contributed by atoms with Crippen LogP contribution in [0, 0.1) is 29.4 Å². The maximum absolute atomic E-state index is 9.98. The van der Waals surface area contributed by atoms with Crippen molar-refractivity contribution in [1.29, 1.82) is 0 Å². The summed E-state index contributed by atoms with van der Waals surface area (Å²) in [5.74, 6) is 0.422. The molecule has 12 heavy (non-hydrogen) atoms. The topological polar surface area (TPSA) is 68.9 Å². The second kappa shape index (κ2) is 7.13. The van der Waals surface area contributed by atoms with Crippen LogP contribution in [-0.4, -0.2) is 14.9 Å². The molecule has 0 saturated carbocycles. The van der Waals surface area contributed by atoms with Crippen LogP contribution in [0.5, 0.6) is 0 Å². The van der Waals surface area contributed by atoms with E-state index in [1.165, 1.54) is 0 Å². The summed E-state index contributed by atoms with van der Waals surface area (Å²) in [6.45, 7) is 1.61. The molecule has 0 saturated heterocycles. The molecule has 2 radical (unpaired) electrons. The van der Waals surface area contributed by atoms with Crippen LogP contribution in [-0.2, 0) is 65.4 Å². The quantitative estimate of drug-likeness (QED) is 0.424. The third-order valence-electron chi connectivity index (χ3n) is 0.830. The summed E-state index contributed by atoms with van der Waals surface area (Å²) >= 11 is 0. The Morgan fingerprint density at radius 1 is 1.33 bits per heavy atom. The summed E-state index contributed by atoms with van der Waals surface area (Å²) in [5.41, 5.74) is -0.328. The average Bonchev–Trinajstić information content (AvgIpc) is 1.88. The van der Waals surface area contributed by atoms with Crippen LogP contribution in [0.1, 0.15) is 5.82 Å². The van der Waals surface area contributed by atoms with Crippen molar-refractivity contribution in [1.82, 2.24) is 9.97 Å². The van der Waals surface area contributed by atoms with Gasteiger partial charge >= 0.3 is 0 Å². The van der Waals surface area contributed by atoms with Crippen LogP contribution in [0.15, 0.2) is 0 Å². The van der Waals surface area contributed by atoms with Crippen LogP contribution >= 0.6 is 0 Å². The zero-order chi connectivity index (χ0) is 7.56. The van der Waals surface area contributed by atoms with Gasteiger partial charge < -0.3 is 9.97 Å². The second-order valence-electron chi connectivity index (χ2n) is 1.60. The Balaban J connectivity index is 0. The minimum Gasteiger partial charge on any atom is -0.503 e. The number of aromatic nitrogens is 2. The van der Waals surface area contributed by atoms with Gasteiger partial charge in [0.2, 0.25) is 0 Å². The number of aryl methyl sites for hydroxylation is 1. The van der Waals surface area contributed by atoms with Gasteiger partial charge in [-0.25, -0.2) is 0 Å². The summed E-state index contributed by atoms with van der Waals surface area (Å²) in [4.78, 5) is 16.3. The van der Waals surface area contributed by atoms with Crippen molar-refractivity contribution in [2.75, 3.05) is 0 Å². The molecule has 0 unspecified atom stereocenters. The Hall–Kier alpha value is 0.688. The SMILES string of the molecule is Cc1n[c-]c([N+](=O)[O-])[c-]n1.[Y].[Y]. The predicted molar refractivity (Wildman–Crippen MR) is 31.1 cm³/mol. The van der Waals surface area contributed by atoms with Gasteiger partial charge in [0.15, 0.2) is 0 Å². The van der Waals surface area contributed by atoms with Crippen molar-refractivity contribution in [2.45, 2.75) is 6.92 Å². The Kier molecular flexibility index (Phi) is 9.01. The summed E-state index contributed by atoms with van der Waals surface area (Å²) in [7, 11) is 0. The summed E-state index contributed by atoms with van der Waals surface area (Å²) in [6, 6.07) is 0. The molecule has 1 aromatic heterocycles. The zero-order valence-corrected chi connectivity index (χ0v) is 12.0. The standard InChI is InChI=1S/C5H3N3O2.2Y/c1-4-6-2-5(3-7-4)8(9)10;;/h1H3;;/q-2;;. The van der Waals surface area contributed by atoms with E-state index in [1.54, 1.807) is 6.92 Å². The zero-order valence-electron chi connectivity index (χ0n) is 6.31. The van der Waals surface area contributed by atoms with Crippen molar-refractivity contribution < 1.29 is 70.3 Å². The van der Waals surface area contributed by atoms with Gasteiger partial charge in [-0.15, -0.1) is 5.82 Å². The molecule has 7 heteroatoms. The van der Waals surface area contributed by atoms with Crippen LogP contribution in [0.4, 0.5) is 5.69 Å². The third-order valence-corrected chi connectivity index (χ3v) is 0.830. The Bertz CT molecular complexity index is 251. The van der Waals surface area contributed by atoms with E-state index in [1.807, 2.05) is 0 Å². The number of nitro groups is 1. The van der Waals surface area contributed by atoms with Gasteiger partial charge in [0.05, 0.1) is 5.69 Å². The molecule has 1 heterocycles. The van der Waals surface area contributed by atoms with Gasteiger partial charge in [0, 0.05) is 70.3 Å². The van der Waals surface area contributed by atoms with Crippen LogP contribution in [0.2, 0.25) is 0 Å². The van der Waals surface area contributed by atoms with E-state index in [4.69, 9.17) is 0 Å². The first-order valence-corrected chi connectivity index (χ1v) is 2.48. The molecule has 0 aliphatic rings. The Labute approximate surface area is 120 Å². The maximum atomic E-state index is 9.98. The van der Waals surface area contributed by atoms with E-state index in [0.29, 0.717) is 5.82 Å². The molecule has 0 atom stereocenters. The molecule has 0 amide bonds. The molecule has 0 N–H and O–H groups in total. The van der Waals surface area contributed by atoms with Crippen molar-refractivity contribution in [3.05, 3.63) is 28.3 Å². The fraction of sp³-hybridized carbons (Fsp3) is 0.200. The predicted octanol–water partition coefficient (Wildman–Crippen LogP) is 0.289. The molecule has 0 bridgehead atoms. The molecule has 0 aliphatic heterocycles. The van der Waals surface area contributed by atoms with Gasteiger partial charge in [0.25, 0.3) is 0 Å². The number of rotatable bonds is 1. The van der Waals surface area contributed by atoms with Crippen LogP contribution in [0.25, 0.3) is 0 Å². The largest absolute Gasteiger partial charge is 0.503 e. The van der Waals surface area contributed by atoms with Crippen molar-refractivity contribution >= 4 is 5.69 Å². The van der Waals surface area contributed by atoms with Crippen molar-refractivity contribution in [2.24, 2.45) is 0 Å². The van der Waals surface area contributed by atoms with Crippen molar-refractivity contribution in [3.8, 4) is 0 Å². The number of nitrogens with zero attached hydrogens (tertiary/aromatic N) is 3. The summed E-state index contributed by atoms with van der Waals surface area (Å²) in [6.07, 6.45) is 4.34. The fourth-order valence-corrected chi connectivity index (χ4v) is 0.399. The van der Waals surface area contributed by atoms with Gasteiger partial charge in [-0.3, -0.25) is 10.1 Å². The fourth-order valence-electron chi connectivity index (χ4n) is 0.399. The molecule has 58 valence electrons. The van der Waals surface area contributed by atoms with Gasteiger partial charge in [0.1, 0.15) is 0 Å². The molecule has 1 aromatic rings. The first-order valence-electron chi connectivity index (χ1n) is 2.48. The smallest absolute Gasteiger partial charge is 0.0696 e. The normalized spacial score (nSPS) is 7.75. The number of hydrogen-bond acceptors (Lipinski definition) is 4. The van der Waals surface area contributed by atoms with E-state index in [9.17, 15) is 10.1 Å². The maximum Gasteiger partial charge on any atom is 0.0696 e. The van der Waals surface area contributed by atoms with Crippen LogP contribution < -0.4 is 0 Å². The molecule has 5 nitrogen and oxygen atoms in total. The summed E-state index contributed by atoms with van der Waals surface area (Å²) < 4.78 is 0. The molecule has 0 fully saturated rings. The van der Waals surface area contributed by atoms with Crippen LogP contribution in [0.3, 0.4) is 0 Å². The minimum absolute atomic E-state index is 0. The molecule has 0 aliphatic carbocycles. The van der Waals surface area contributed by atoms with Gasteiger partial charge in [-0.1, -0.05) is 6.92 Å². The molecular weight excluding hydrogens is 312 g/mol. The van der Waals surface area contributed by atoms with E-state index >= 15 is 0 Å². The van der Waals surface area contributed by atoms with Gasteiger partial charge in [-0.05, 0) is 0 Å². The van der Waals surface area contributed by atoms with Crippen molar-refractivity contribution in [3.63, 3.8) is 0 Å². The van der Waals surface area contributed by atoms with E-state index < -0.39 is 4.92 Å². The molecule has 0 spiro atoms. The molecular formula is C5H3N3O2Y2-2. The summed E-state index contributed by atoms with van der Waals surface area (Å²) in [5, 5.41) is 9.98. The first kappa shape index (κ1) is 15.2. The number of hydrogen-bond donors (Lipinski definition) is 0. The molecule has 1 rings (SSSR count). The average molecular weight is 315 g/mol. The third kappa shape index (κ3) is 4.65. The monoisotopic (exact) mass is 315 g/mol. The second-order valence-corrected chi connectivity index (χ2v) is 1.60. The van der Waals surface area contributed by atoms with Gasteiger partial charge in [-0.2, -0.15) is 12.4 Å². The van der Waals surface area contributed by atoms with E-state index in [0.717, 1.165) is 0 Å². The first-order chi connectivity index (χ1) is 4.70.